The number of halogens is 1. The molecule has 2 heterocycles. The number of fused-ring (bicyclic) bond motifs is 1. The molecule has 30 heavy (non-hydrogen) atoms. The van der Waals surface area contributed by atoms with Crippen LogP contribution >= 0.6 is 0 Å². The van der Waals surface area contributed by atoms with Crippen LogP contribution in [0.4, 0.5) is 16.0 Å². The van der Waals surface area contributed by atoms with Crippen LogP contribution in [0.3, 0.4) is 0 Å². The first-order valence-corrected chi connectivity index (χ1v) is 9.31. The Hall–Kier alpha value is -3.94. The standard InChI is InChI=1S/C22H20FN5O2/c1-27(2)18-9-5-3-7-16(18)15-11-12-20-24-22(26-28(20)13-15)25-21(29)14-30-19-10-6-4-8-17(19)23/h3-13H,14H2,1-2H3,(H,25,26,29). The van der Waals surface area contributed by atoms with E-state index in [1.54, 1.807) is 16.6 Å². The summed E-state index contributed by atoms with van der Waals surface area (Å²) in [4.78, 5) is 18.5. The number of rotatable bonds is 6. The van der Waals surface area contributed by atoms with Gasteiger partial charge in [0.15, 0.2) is 23.8 Å². The van der Waals surface area contributed by atoms with Crippen LogP contribution in [0.5, 0.6) is 5.75 Å². The van der Waals surface area contributed by atoms with Crippen molar-refractivity contribution in [2.45, 2.75) is 0 Å². The average molecular weight is 405 g/mol. The van der Waals surface area contributed by atoms with Crippen LogP contribution in [0.25, 0.3) is 16.8 Å². The minimum absolute atomic E-state index is 0.0137. The highest BCUT2D eigenvalue weighted by atomic mass is 19.1. The first-order chi connectivity index (χ1) is 14.5. The number of ether oxygens (including phenoxy) is 1. The molecule has 0 saturated heterocycles. The van der Waals surface area contributed by atoms with E-state index in [2.05, 4.69) is 15.4 Å². The number of carbonyl (C=O) groups is 1. The molecule has 0 aliphatic carbocycles. The number of amides is 1. The van der Waals surface area contributed by atoms with Gasteiger partial charge < -0.3 is 9.64 Å². The van der Waals surface area contributed by atoms with Crippen LogP contribution in [0.1, 0.15) is 0 Å². The number of hydrogen-bond donors (Lipinski definition) is 1. The summed E-state index contributed by atoms with van der Waals surface area (Å²) in [6.07, 6.45) is 1.86. The van der Waals surface area contributed by atoms with E-state index < -0.39 is 11.7 Å². The third-order valence-electron chi connectivity index (χ3n) is 4.47. The smallest absolute Gasteiger partial charge is 0.264 e. The molecule has 0 atom stereocenters. The Kier molecular flexibility index (Phi) is 5.30. The molecule has 0 saturated carbocycles. The summed E-state index contributed by atoms with van der Waals surface area (Å²) in [6.45, 7) is -0.349. The number of pyridine rings is 1. The third-order valence-corrected chi connectivity index (χ3v) is 4.47. The maximum absolute atomic E-state index is 13.6. The summed E-state index contributed by atoms with van der Waals surface area (Å²) in [5, 5.41) is 6.89. The normalized spacial score (nSPS) is 10.8. The Morgan fingerprint density at radius 2 is 1.87 bits per heavy atom. The fourth-order valence-corrected chi connectivity index (χ4v) is 3.07. The van der Waals surface area contributed by atoms with Crippen molar-refractivity contribution in [2.24, 2.45) is 0 Å². The number of nitrogens with zero attached hydrogens (tertiary/aromatic N) is 4. The summed E-state index contributed by atoms with van der Waals surface area (Å²) in [5.41, 5.74) is 3.70. The van der Waals surface area contributed by atoms with Crippen LogP contribution in [-0.4, -0.2) is 41.2 Å². The minimum Gasteiger partial charge on any atom is -0.481 e. The van der Waals surface area contributed by atoms with Gasteiger partial charge in [0.1, 0.15) is 0 Å². The zero-order valence-corrected chi connectivity index (χ0v) is 16.5. The highest BCUT2D eigenvalue weighted by Crippen LogP contribution is 2.29. The molecule has 0 bridgehead atoms. The van der Waals surface area contributed by atoms with Gasteiger partial charge in [-0.3, -0.25) is 10.1 Å². The SMILES string of the molecule is CN(C)c1ccccc1-c1ccc2nc(NC(=O)COc3ccccc3F)nn2c1. The van der Waals surface area contributed by atoms with E-state index in [0.717, 1.165) is 16.8 Å². The van der Waals surface area contributed by atoms with Crippen molar-refractivity contribution in [1.29, 1.82) is 0 Å². The molecule has 0 fully saturated rings. The number of aromatic nitrogens is 3. The van der Waals surface area contributed by atoms with Crippen molar-refractivity contribution in [1.82, 2.24) is 14.6 Å². The van der Waals surface area contributed by atoms with Gasteiger partial charge in [0.25, 0.3) is 5.91 Å². The lowest BCUT2D eigenvalue weighted by Gasteiger charge is -2.17. The Morgan fingerprint density at radius 1 is 1.10 bits per heavy atom. The molecule has 2 aromatic heterocycles. The van der Waals surface area contributed by atoms with Gasteiger partial charge in [0.2, 0.25) is 5.95 Å². The molecular formula is C22H20FN5O2. The molecule has 0 unspecified atom stereocenters. The van der Waals surface area contributed by atoms with Crippen molar-refractivity contribution in [3.63, 3.8) is 0 Å². The van der Waals surface area contributed by atoms with Gasteiger partial charge in [0.05, 0.1) is 0 Å². The molecule has 152 valence electrons. The maximum atomic E-state index is 13.6. The van der Waals surface area contributed by atoms with Gasteiger partial charge in [-0.2, -0.15) is 4.98 Å². The molecule has 4 aromatic rings. The number of para-hydroxylation sites is 2. The molecule has 0 aliphatic rings. The first-order valence-electron chi connectivity index (χ1n) is 9.31. The quantitative estimate of drug-likeness (QED) is 0.531. The summed E-state index contributed by atoms with van der Waals surface area (Å²) >= 11 is 0. The molecule has 7 nitrogen and oxygen atoms in total. The molecule has 0 spiro atoms. The molecule has 4 rings (SSSR count). The lowest BCUT2D eigenvalue weighted by molar-refractivity contribution is -0.118. The number of benzene rings is 2. The summed E-state index contributed by atoms with van der Waals surface area (Å²) < 4.78 is 20.4. The number of carbonyl (C=O) groups excluding carboxylic acids is 1. The highest BCUT2D eigenvalue weighted by Gasteiger charge is 2.12. The van der Waals surface area contributed by atoms with E-state index in [4.69, 9.17) is 4.74 Å². The summed E-state index contributed by atoms with van der Waals surface area (Å²) in [7, 11) is 3.98. The van der Waals surface area contributed by atoms with E-state index in [9.17, 15) is 9.18 Å². The van der Waals surface area contributed by atoms with E-state index in [-0.39, 0.29) is 18.3 Å². The van der Waals surface area contributed by atoms with Crippen molar-refractivity contribution >= 4 is 23.2 Å². The molecule has 2 aromatic carbocycles. The average Bonchev–Trinajstić information content (AvgIpc) is 3.14. The second-order valence-electron chi connectivity index (χ2n) is 6.83. The van der Waals surface area contributed by atoms with Crippen LogP contribution in [0, 0.1) is 5.82 Å². The van der Waals surface area contributed by atoms with E-state index in [1.807, 2.05) is 61.6 Å². The van der Waals surface area contributed by atoms with Crippen molar-refractivity contribution in [2.75, 3.05) is 30.9 Å². The number of anilines is 2. The second-order valence-corrected chi connectivity index (χ2v) is 6.83. The monoisotopic (exact) mass is 405 g/mol. The summed E-state index contributed by atoms with van der Waals surface area (Å²) in [6, 6.07) is 17.7. The predicted octanol–water partition coefficient (Wildman–Crippen LogP) is 3.62. The molecule has 0 aliphatic heterocycles. The Morgan fingerprint density at radius 3 is 2.67 bits per heavy atom. The molecule has 0 radical (unpaired) electrons. The van der Waals surface area contributed by atoms with Crippen molar-refractivity contribution in [3.8, 4) is 16.9 Å². The number of hydrogen-bond acceptors (Lipinski definition) is 5. The van der Waals surface area contributed by atoms with Gasteiger partial charge in [-0.15, -0.1) is 5.10 Å². The zero-order chi connectivity index (χ0) is 21.1. The van der Waals surface area contributed by atoms with Gasteiger partial charge in [-0.05, 0) is 30.3 Å². The molecular weight excluding hydrogens is 385 g/mol. The van der Waals surface area contributed by atoms with Crippen molar-refractivity contribution in [3.05, 3.63) is 72.7 Å². The lowest BCUT2D eigenvalue weighted by atomic mass is 10.1. The Bertz CT molecular complexity index is 1210. The topological polar surface area (TPSA) is 71.8 Å². The van der Waals surface area contributed by atoms with Crippen LogP contribution < -0.4 is 15.0 Å². The van der Waals surface area contributed by atoms with Crippen LogP contribution in [0.15, 0.2) is 66.9 Å². The predicted molar refractivity (Wildman–Crippen MR) is 113 cm³/mol. The zero-order valence-electron chi connectivity index (χ0n) is 16.5. The Balaban J connectivity index is 1.50. The van der Waals surface area contributed by atoms with Crippen LogP contribution in [0.2, 0.25) is 0 Å². The van der Waals surface area contributed by atoms with Gasteiger partial charge >= 0.3 is 0 Å². The van der Waals surface area contributed by atoms with E-state index in [0.29, 0.717) is 5.65 Å². The van der Waals surface area contributed by atoms with E-state index >= 15 is 0 Å². The van der Waals surface area contributed by atoms with E-state index in [1.165, 1.54) is 12.1 Å². The fourth-order valence-electron chi connectivity index (χ4n) is 3.07. The lowest BCUT2D eigenvalue weighted by Crippen LogP contribution is -2.21. The van der Waals surface area contributed by atoms with Crippen molar-refractivity contribution < 1.29 is 13.9 Å². The third kappa shape index (κ3) is 4.07. The minimum atomic E-state index is -0.526. The second kappa shape index (κ2) is 8.20. The molecule has 8 heteroatoms. The molecule has 1 N–H and O–H groups in total. The van der Waals surface area contributed by atoms with Gasteiger partial charge in [0, 0.05) is 37.1 Å². The van der Waals surface area contributed by atoms with Gasteiger partial charge in [-0.25, -0.2) is 8.91 Å². The first kappa shape index (κ1) is 19.4. The van der Waals surface area contributed by atoms with Crippen LogP contribution in [-0.2, 0) is 4.79 Å². The Labute approximate surface area is 172 Å². The van der Waals surface area contributed by atoms with Gasteiger partial charge in [-0.1, -0.05) is 30.3 Å². The number of nitrogens with one attached hydrogen (secondary N) is 1. The fraction of sp³-hybridized carbons (Fsp3) is 0.136. The molecule has 1 amide bonds. The maximum Gasteiger partial charge on any atom is 0.264 e. The highest BCUT2D eigenvalue weighted by molar-refractivity contribution is 5.90. The summed E-state index contributed by atoms with van der Waals surface area (Å²) in [5.74, 6) is -0.844. The largest absolute Gasteiger partial charge is 0.481 e.